The first-order valence-corrected chi connectivity index (χ1v) is 7.06. The van der Waals surface area contributed by atoms with Gasteiger partial charge in [-0.15, -0.1) is 29.5 Å². The summed E-state index contributed by atoms with van der Waals surface area (Å²) < 4.78 is 2.05. The van der Waals surface area contributed by atoms with Crippen LogP contribution in [-0.2, 0) is 6.54 Å². The second-order valence-electron chi connectivity index (χ2n) is 3.26. The molecule has 2 rings (SSSR count). The molecule has 1 N–H and O–H groups in total. The van der Waals surface area contributed by atoms with Crippen molar-refractivity contribution in [3.8, 4) is 12.3 Å². The minimum absolute atomic E-state index is 0.794. The number of fused-ring (bicyclic) bond motifs is 1. The van der Waals surface area contributed by atoms with Crippen molar-refractivity contribution in [1.82, 2.24) is 14.7 Å². The molecule has 0 saturated heterocycles. The van der Waals surface area contributed by atoms with Gasteiger partial charge in [0.15, 0.2) is 4.96 Å². The van der Waals surface area contributed by atoms with Gasteiger partial charge in [0.05, 0.1) is 11.4 Å². The molecule has 0 saturated carbocycles. The third-order valence-electron chi connectivity index (χ3n) is 2.06. The average Bonchev–Trinajstić information content (AvgIpc) is 2.83. The molecule has 0 atom stereocenters. The average molecular weight is 251 g/mol. The van der Waals surface area contributed by atoms with E-state index in [1.165, 1.54) is 0 Å². The van der Waals surface area contributed by atoms with E-state index in [4.69, 9.17) is 6.42 Å². The molecule has 16 heavy (non-hydrogen) atoms. The zero-order valence-corrected chi connectivity index (χ0v) is 10.5. The number of hydrogen-bond acceptors (Lipinski definition) is 4. The van der Waals surface area contributed by atoms with Crippen LogP contribution in [0.25, 0.3) is 4.96 Å². The Hall–Kier alpha value is -0.960. The summed E-state index contributed by atoms with van der Waals surface area (Å²) in [5.74, 6) is 4.45. The van der Waals surface area contributed by atoms with E-state index in [9.17, 15) is 0 Å². The molecule has 2 aromatic heterocycles. The SMILES string of the molecule is C#CCSCCNCc1cn2ccsc2n1. The van der Waals surface area contributed by atoms with Crippen molar-refractivity contribution in [3.63, 3.8) is 0 Å². The molecule has 84 valence electrons. The fourth-order valence-corrected chi connectivity index (χ4v) is 2.62. The zero-order chi connectivity index (χ0) is 11.2. The smallest absolute Gasteiger partial charge is 0.193 e. The van der Waals surface area contributed by atoms with Crippen LogP contribution >= 0.6 is 23.1 Å². The lowest BCUT2D eigenvalue weighted by Gasteiger charge is -2.00. The van der Waals surface area contributed by atoms with E-state index in [1.54, 1.807) is 23.1 Å². The van der Waals surface area contributed by atoms with Crippen molar-refractivity contribution in [2.75, 3.05) is 18.1 Å². The van der Waals surface area contributed by atoms with Gasteiger partial charge in [-0.1, -0.05) is 5.92 Å². The van der Waals surface area contributed by atoms with Gasteiger partial charge >= 0.3 is 0 Å². The number of hydrogen-bond donors (Lipinski definition) is 1. The molecule has 0 bridgehead atoms. The summed E-state index contributed by atoms with van der Waals surface area (Å²) in [7, 11) is 0. The maximum absolute atomic E-state index is 5.16. The van der Waals surface area contributed by atoms with Gasteiger partial charge in [0, 0.05) is 36.6 Å². The summed E-state index contributed by atoms with van der Waals surface area (Å²) in [4.78, 5) is 5.54. The zero-order valence-electron chi connectivity index (χ0n) is 8.85. The highest BCUT2D eigenvalue weighted by molar-refractivity contribution is 7.99. The fourth-order valence-electron chi connectivity index (χ4n) is 1.35. The lowest BCUT2D eigenvalue weighted by Crippen LogP contribution is -2.16. The molecular formula is C11H13N3S2. The number of terminal acetylenes is 1. The van der Waals surface area contributed by atoms with E-state index in [0.29, 0.717) is 0 Å². The van der Waals surface area contributed by atoms with E-state index in [0.717, 1.165) is 35.3 Å². The Bertz CT molecular complexity index is 452. The first kappa shape index (κ1) is 11.5. The van der Waals surface area contributed by atoms with Crippen LogP contribution < -0.4 is 5.32 Å². The Morgan fingerprint density at radius 2 is 2.56 bits per heavy atom. The molecule has 0 aromatic carbocycles. The van der Waals surface area contributed by atoms with E-state index >= 15 is 0 Å². The first-order valence-electron chi connectivity index (χ1n) is 5.03. The number of thioether (sulfide) groups is 1. The van der Waals surface area contributed by atoms with Crippen LogP contribution in [0.1, 0.15) is 5.69 Å². The number of nitrogens with one attached hydrogen (secondary N) is 1. The van der Waals surface area contributed by atoms with Crippen molar-refractivity contribution in [2.45, 2.75) is 6.54 Å². The van der Waals surface area contributed by atoms with Gasteiger partial charge in [-0.05, 0) is 0 Å². The Balaban J connectivity index is 1.70. The second kappa shape index (κ2) is 5.94. The van der Waals surface area contributed by atoms with E-state index in [-0.39, 0.29) is 0 Å². The highest BCUT2D eigenvalue weighted by Gasteiger charge is 2.01. The minimum Gasteiger partial charge on any atom is -0.310 e. The minimum atomic E-state index is 0.794. The van der Waals surface area contributed by atoms with E-state index in [1.807, 2.05) is 11.6 Å². The fraction of sp³-hybridized carbons (Fsp3) is 0.364. The Labute approximate surface area is 103 Å². The molecule has 0 aliphatic carbocycles. The summed E-state index contributed by atoms with van der Waals surface area (Å²) >= 11 is 3.43. The standard InChI is InChI=1S/C11H13N3S2/c1-2-5-15-6-3-12-8-10-9-14-4-7-16-11(14)13-10/h1,4,7,9,12H,3,5-6,8H2. The highest BCUT2D eigenvalue weighted by Crippen LogP contribution is 2.10. The van der Waals surface area contributed by atoms with Crippen molar-refractivity contribution >= 4 is 28.1 Å². The van der Waals surface area contributed by atoms with Crippen LogP contribution in [-0.4, -0.2) is 27.4 Å². The maximum atomic E-state index is 5.16. The van der Waals surface area contributed by atoms with Gasteiger partial charge in [-0.3, -0.25) is 4.40 Å². The van der Waals surface area contributed by atoms with Crippen molar-refractivity contribution in [1.29, 1.82) is 0 Å². The largest absolute Gasteiger partial charge is 0.310 e. The van der Waals surface area contributed by atoms with Crippen LogP contribution in [0, 0.1) is 12.3 Å². The molecule has 0 spiro atoms. The summed E-state index contributed by atoms with van der Waals surface area (Å²) in [6, 6.07) is 0. The van der Waals surface area contributed by atoms with Gasteiger partial charge < -0.3 is 5.32 Å². The number of aromatic nitrogens is 2. The molecule has 2 aromatic rings. The third-order valence-corrected chi connectivity index (χ3v) is 3.69. The van der Waals surface area contributed by atoms with Crippen LogP contribution in [0.15, 0.2) is 17.8 Å². The molecule has 0 aliphatic heterocycles. The van der Waals surface area contributed by atoms with Crippen LogP contribution in [0.5, 0.6) is 0 Å². The van der Waals surface area contributed by atoms with Crippen molar-refractivity contribution in [2.24, 2.45) is 0 Å². The van der Waals surface area contributed by atoms with Gasteiger partial charge in [-0.2, -0.15) is 0 Å². The second-order valence-corrected chi connectivity index (χ2v) is 5.24. The molecule has 0 amide bonds. The van der Waals surface area contributed by atoms with E-state index < -0.39 is 0 Å². The number of thiazole rings is 1. The van der Waals surface area contributed by atoms with Gasteiger partial charge in [0.2, 0.25) is 0 Å². The molecule has 0 radical (unpaired) electrons. The summed E-state index contributed by atoms with van der Waals surface area (Å²) in [5, 5.41) is 5.39. The molecule has 0 aliphatic rings. The van der Waals surface area contributed by atoms with Crippen molar-refractivity contribution in [3.05, 3.63) is 23.5 Å². The predicted molar refractivity (Wildman–Crippen MR) is 70.9 cm³/mol. The first-order chi connectivity index (χ1) is 7.90. The van der Waals surface area contributed by atoms with Gasteiger partial charge in [0.1, 0.15) is 0 Å². The lowest BCUT2D eigenvalue weighted by molar-refractivity contribution is 0.719. The predicted octanol–water partition coefficient (Wildman–Crippen LogP) is 1.85. The lowest BCUT2D eigenvalue weighted by atomic mass is 10.5. The Morgan fingerprint density at radius 1 is 1.62 bits per heavy atom. The van der Waals surface area contributed by atoms with Crippen molar-refractivity contribution < 1.29 is 0 Å². The van der Waals surface area contributed by atoms with Crippen LogP contribution in [0.2, 0.25) is 0 Å². The number of rotatable bonds is 6. The third kappa shape index (κ3) is 3.01. The highest BCUT2D eigenvalue weighted by atomic mass is 32.2. The molecule has 5 heteroatoms. The van der Waals surface area contributed by atoms with E-state index in [2.05, 4.69) is 26.8 Å². The molecule has 0 fully saturated rings. The molecule has 3 nitrogen and oxygen atoms in total. The summed E-state index contributed by atoms with van der Waals surface area (Å²) in [6.45, 7) is 1.79. The maximum Gasteiger partial charge on any atom is 0.193 e. The molecular weight excluding hydrogens is 238 g/mol. The quantitative estimate of drug-likeness (QED) is 0.627. The monoisotopic (exact) mass is 251 g/mol. The normalized spacial score (nSPS) is 10.7. The van der Waals surface area contributed by atoms with Crippen LogP contribution in [0.3, 0.4) is 0 Å². The number of imidazole rings is 1. The van der Waals surface area contributed by atoms with Gasteiger partial charge in [-0.25, -0.2) is 4.98 Å². The number of nitrogens with zero attached hydrogens (tertiary/aromatic N) is 2. The summed E-state index contributed by atoms with van der Waals surface area (Å²) in [5.41, 5.74) is 1.09. The van der Waals surface area contributed by atoms with Gasteiger partial charge in [0.25, 0.3) is 0 Å². The van der Waals surface area contributed by atoms with Crippen LogP contribution in [0.4, 0.5) is 0 Å². The Kier molecular flexibility index (Phi) is 4.28. The summed E-state index contributed by atoms with van der Waals surface area (Å²) in [6.07, 6.45) is 9.25. The molecule has 0 unspecified atom stereocenters. The molecule has 2 heterocycles. The topological polar surface area (TPSA) is 29.3 Å². The Morgan fingerprint density at radius 3 is 3.38 bits per heavy atom.